The molecule has 30 heavy (non-hydrogen) atoms. The molecule has 7 nitrogen and oxygen atoms in total. The van der Waals surface area contributed by atoms with E-state index < -0.39 is 0 Å². The van der Waals surface area contributed by atoms with E-state index in [9.17, 15) is 9.59 Å². The molecule has 1 aromatic carbocycles. The van der Waals surface area contributed by atoms with E-state index in [1.54, 1.807) is 29.0 Å². The molecule has 2 aromatic heterocycles. The van der Waals surface area contributed by atoms with Crippen LogP contribution in [0.2, 0.25) is 5.02 Å². The maximum absolute atomic E-state index is 12.9. The van der Waals surface area contributed by atoms with Crippen molar-refractivity contribution in [2.24, 2.45) is 7.05 Å². The van der Waals surface area contributed by atoms with Gasteiger partial charge < -0.3 is 19.0 Å². The summed E-state index contributed by atoms with van der Waals surface area (Å²) in [4.78, 5) is 27.6. The molecule has 1 fully saturated rings. The molecule has 0 unspecified atom stereocenters. The van der Waals surface area contributed by atoms with Crippen molar-refractivity contribution in [3.8, 4) is 0 Å². The number of furan rings is 1. The average molecular weight is 430 g/mol. The van der Waals surface area contributed by atoms with Crippen molar-refractivity contribution < 1.29 is 13.9 Å². The van der Waals surface area contributed by atoms with Crippen LogP contribution in [-0.2, 0) is 36.1 Å². The smallest absolute Gasteiger partial charge is 0.224 e. The van der Waals surface area contributed by atoms with Crippen LogP contribution >= 0.6 is 11.6 Å². The van der Waals surface area contributed by atoms with Gasteiger partial charge >= 0.3 is 0 Å². The lowest BCUT2D eigenvalue weighted by Gasteiger charge is -2.25. The highest BCUT2D eigenvalue weighted by molar-refractivity contribution is 6.30. The lowest BCUT2D eigenvalue weighted by molar-refractivity contribution is -0.120. The van der Waals surface area contributed by atoms with Gasteiger partial charge in [-0.2, -0.15) is 0 Å². The maximum Gasteiger partial charge on any atom is 0.224 e. The molecule has 4 rings (SSSR count). The third kappa shape index (κ3) is 4.75. The lowest BCUT2D eigenvalue weighted by Crippen LogP contribution is -2.35. The fraction of sp³-hybridized carbons (Fsp3) is 0.364. The number of nitrogens with zero attached hydrogens (tertiary/aromatic N) is 2. The molecule has 3 heterocycles. The van der Waals surface area contributed by atoms with Crippen LogP contribution in [0.1, 0.15) is 16.9 Å². The van der Waals surface area contributed by atoms with Crippen molar-refractivity contribution in [1.82, 2.24) is 14.8 Å². The number of hydrogen-bond donors (Lipinski definition) is 1. The molecular formula is C22H24ClN3O4. The Morgan fingerprint density at radius 1 is 1.20 bits per heavy atom. The first kappa shape index (κ1) is 20.7. The monoisotopic (exact) mass is 429 g/mol. The summed E-state index contributed by atoms with van der Waals surface area (Å²) in [5, 5.41) is 4.00. The summed E-state index contributed by atoms with van der Waals surface area (Å²) in [6.45, 7) is 4.10. The molecule has 1 aliphatic heterocycles. The highest BCUT2D eigenvalue weighted by Gasteiger charge is 2.18. The van der Waals surface area contributed by atoms with Crippen molar-refractivity contribution in [1.29, 1.82) is 0 Å². The number of carbonyl (C=O) groups excluding carboxylic acids is 1. The van der Waals surface area contributed by atoms with E-state index in [4.69, 9.17) is 20.8 Å². The van der Waals surface area contributed by atoms with E-state index >= 15 is 0 Å². The summed E-state index contributed by atoms with van der Waals surface area (Å²) in [6, 6.07) is 9.06. The van der Waals surface area contributed by atoms with E-state index in [0.717, 1.165) is 24.4 Å². The first-order valence-electron chi connectivity index (χ1n) is 9.92. The van der Waals surface area contributed by atoms with Gasteiger partial charge in [0.05, 0.1) is 31.6 Å². The third-order valence-corrected chi connectivity index (χ3v) is 5.46. The highest BCUT2D eigenvalue weighted by Crippen LogP contribution is 2.19. The van der Waals surface area contributed by atoms with Gasteiger partial charge in [0.25, 0.3) is 0 Å². The SMILES string of the molecule is Cn1cc(CC(=O)NCc2ccc(Cl)cc2)c(=O)c2cc(CN3CCOCC3)oc21. The molecule has 1 amide bonds. The van der Waals surface area contributed by atoms with Gasteiger partial charge in [0.15, 0.2) is 5.43 Å². The Labute approximate surface area is 179 Å². The first-order valence-corrected chi connectivity index (χ1v) is 10.3. The van der Waals surface area contributed by atoms with Gasteiger partial charge in [0.2, 0.25) is 11.6 Å². The summed E-state index contributed by atoms with van der Waals surface area (Å²) < 4.78 is 13.1. The van der Waals surface area contributed by atoms with Gasteiger partial charge in [0, 0.05) is 43.5 Å². The minimum Gasteiger partial charge on any atom is -0.443 e. The lowest BCUT2D eigenvalue weighted by atomic mass is 10.1. The zero-order chi connectivity index (χ0) is 21.1. The molecule has 1 aliphatic rings. The number of fused-ring (bicyclic) bond motifs is 1. The first-order chi connectivity index (χ1) is 14.5. The predicted molar refractivity (Wildman–Crippen MR) is 115 cm³/mol. The minimum absolute atomic E-state index is 0.0141. The Balaban J connectivity index is 1.47. The number of nitrogens with one attached hydrogen (secondary N) is 1. The molecule has 1 saturated heterocycles. The molecule has 3 aromatic rings. The second-order valence-corrected chi connectivity index (χ2v) is 7.93. The quantitative estimate of drug-likeness (QED) is 0.651. The zero-order valence-corrected chi connectivity index (χ0v) is 17.6. The number of aromatic nitrogens is 1. The van der Waals surface area contributed by atoms with E-state index in [-0.39, 0.29) is 17.8 Å². The van der Waals surface area contributed by atoms with Crippen molar-refractivity contribution >= 4 is 28.6 Å². The molecule has 0 bridgehead atoms. The number of aryl methyl sites for hydroxylation is 1. The summed E-state index contributed by atoms with van der Waals surface area (Å²) in [7, 11) is 1.82. The van der Waals surface area contributed by atoms with Crippen LogP contribution in [0.5, 0.6) is 0 Å². The number of morpholine rings is 1. The molecule has 0 radical (unpaired) electrons. The number of halogens is 1. The second kappa shape index (κ2) is 9.04. The number of carbonyl (C=O) groups is 1. The topological polar surface area (TPSA) is 76.7 Å². The van der Waals surface area contributed by atoms with Gasteiger partial charge in [-0.25, -0.2) is 0 Å². The van der Waals surface area contributed by atoms with Crippen molar-refractivity contribution in [3.05, 3.63) is 68.7 Å². The number of pyridine rings is 1. The Morgan fingerprint density at radius 3 is 2.67 bits per heavy atom. The van der Waals surface area contributed by atoms with E-state index in [1.165, 1.54) is 0 Å². The summed E-state index contributed by atoms with van der Waals surface area (Å²) >= 11 is 5.88. The Kier molecular flexibility index (Phi) is 6.22. The molecule has 0 saturated carbocycles. The Bertz CT molecular complexity index is 1100. The molecule has 0 aliphatic carbocycles. The fourth-order valence-corrected chi connectivity index (χ4v) is 3.73. The van der Waals surface area contributed by atoms with Crippen molar-refractivity contribution in [3.63, 3.8) is 0 Å². The predicted octanol–water partition coefficient (Wildman–Crippen LogP) is 2.48. The van der Waals surface area contributed by atoms with Gasteiger partial charge in [-0.3, -0.25) is 14.5 Å². The van der Waals surface area contributed by atoms with Crippen LogP contribution in [0.15, 0.2) is 45.7 Å². The summed E-state index contributed by atoms with van der Waals surface area (Å²) in [6.07, 6.45) is 1.69. The Hall–Kier alpha value is -2.61. The summed E-state index contributed by atoms with van der Waals surface area (Å²) in [5.74, 6) is 0.530. The molecule has 0 spiro atoms. The number of amides is 1. The zero-order valence-electron chi connectivity index (χ0n) is 16.8. The number of benzene rings is 1. The highest BCUT2D eigenvalue weighted by atomic mass is 35.5. The number of hydrogen-bond acceptors (Lipinski definition) is 5. The summed E-state index contributed by atoms with van der Waals surface area (Å²) in [5.41, 5.74) is 1.74. The average Bonchev–Trinajstić information content (AvgIpc) is 3.17. The van der Waals surface area contributed by atoms with E-state index in [0.29, 0.717) is 48.0 Å². The van der Waals surface area contributed by atoms with Gasteiger partial charge in [-0.15, -0.1) is 0 Å². The normalized spacial score (nSPS) is 14.9. The van der Waals surface area contributed by atoms with Gasteiger partial charge in [-0.1, -0.05) is 23.7 Å². The van der Waals surface area contributed by atoms with Crippen LogP contribution in [0.4, 0.5) is 0 Å². The van der Waals surface area contributed by atoms with Crippen LogP contribution < -0.4 is 10.7 Å². The molecule has 158 valence electrons. The number of ether oxygens (including phenoxy) is 1. The van der Waals surface area contributed by atoms with E-state index in [1.807, 2.05) is 19.2 Å². The van der Waals surface area contributed by atoms with Gasteiger partial charge in [-0.05, 0) is 23.8 Å². The third-order valence-electron chi connectivity index (χ3n) is 5.21. The largest absolute Gasteiger partial charge is 0.443 e. The fourth-order valence-electron chi connectivity index (χ4n) is 3.60. The van der Waals surface area contributed by atoms with E-state index in [2.05, 4.69) is 10.2 Å². The second-order valence-electron chi connectivity index (χ2n) is 7.49. The minimum atomic E-state index is -0.210. The molecule has 8 heteroatoms. The molecule has 1 N–H and O–H groups in total. The maximum atomic E-state index is 12.9. The van der Waals surface area contributed by atoms with Crippen LogP contribution in [0.3, 0.4) is 0 Å². The van der Waals surface area contributed by atoms with Crippen LogP contribution in [0, 0.1) is 0 Å². The Morgan fingerprint density at radius 2 is 1.93 bits per heavy atom. The van der Waals surface area contributed by atoms with Crippen LogP contribution in [0.25, 0.3) is 11.1 Å². The molecule has 0 atom stereocenters. The van der Waals surface area contributed by atoms with Crippen molar-refractivity contribution in [2.45, 2.75) is 19.5 Å². The standard InChI is InChI=1S/C22H24ClN3O4/c1-25-13-16(10-20(27)24-12-15-2-4-17(23)5-3-15)21(28)19-11-18(30-22(19)25)14-26-6-8-29-9-7-26/h2-5,11,13H,6-10,12,14H2,1H3,(H,24,27). The van der Waals surface area contributed by atoms with Gasteiger partial charge in [0.1, 0.15) is 5.76 Å². The number of rotatable bonds is 6. The molecular weight excluding hydrogens is 406 g/mol. The van der Waals surface area contributed by atoms with Crippen molar-refractivity contribution in [2.75, 3.05) is 26.3 Å². The van der Waals surface area contributed by atoms with Crippen LogP contribution in [-0.4, -0.2) is 41.7 Å².